The highest BCUT2D eigenvalue weighted by Crippen LogP contribution is 2.28. The molecule has 0 radical (unpaired) electrons. The summed E-state index contributed by atoms with van der Waals surface area (Å²) in [6.07, 6.45) is -3.14. The topological polar surface area (TPSA) is 61.8 Å². The fraction of sp³-hybridized carbons (Fsp3) is 0.200. The zero-order valence-electron chi connectivity index (χ0n) is 8.49. The summed E-state index contributed by atoms with van der Waals surface area (Å²) in [5.41, 5.74) is -0.476. The zero-order valence-corrected chi connectivity index (χ0v) is 8.49. The molecule has 2 rings (SSSR count). The molecule has 0 amide bonds. The molecular weight excluding hydrogens is 235 g/mol. The van der Waals surface area contributed by atoms with Gasteiger partial charge in [0.2, 0.25) is 0 Å². The van der Waals surface area contributed by atoms with Crippen molar-refractivity contribution < 1.29 is 18.3 Å². The van der Waals surface area contributed by atoms with Crippen molar-refractivity contribution in [2.75, 3.05) is 0 Å². The molecule has 0 aliphatic carbocycles. The van der Waals surface area contributed by atoms with Crippen LogP contribution in [0.2, 0.25) is 0 Å². The van der Waals surface area contributed by atoms with E-state index in [4.69, 9.17) is 5.11 Å². The van der Waals surface area contributed by atoms with Gasteiger partial charge in [-0.15, -0.1) is 0 Å². The van der Waals surface area contributed by atoms with Gasteiger partial charge in [0, 0.05) is 0 Å². The Morgan fingerprint density at radius 1 is 1.29 bits per heavy atom. The summed E-state index contributed by atoms with van der Waals surface area (Å²) in [5, 5.41) is 8.81. The standard InChI is InChI=1S/C10H8F3N3O/c11-10(12,13)8-3-1-2-7(16-8)9-14-4-6(5-17)15-9/h1-4,17H,5H2,(H,14,15). The van der Waals surface area contributed by atoms with E-state index in [0.29, 0.717) is 5.69 Å². The van der Waals surface area contributed by atoms with Crippen LogP contribution in [-0.2, 0) is 12.8 Å². The van der Waals surface area contributed by atoms with Gasteiger partial charge in [-0.25, -0.2) is 9.97 Å². The van der Waals surface area contributed by atoms with Gasteiger partial charge in [-0.05, 0) is 12.1 Å². The Morgan fingerprint density at radius 3 is 2.65 bits per heavy atom. The summed E-state index contributed by atoms with van der Waals surface area (Å²) >= 11 is 0. The van der Waals surface area contributed by atoms with Gasteiger partial charge in [0.25, 0.3) is 0 Å². The van der Waals surface area contributed by atoms with E-state index in [-0.39, 0.29) is 18.1 Å². The molecule has 7 heteroatoms. The van der Waals surface area contributed by atoms with Gasteiger partial charge in [0.1, 0.15) is 11.4 Å². The van der Waals surface area contributed by atoms with Crippen molar-refractivity contribution in [2.45, 2.75) is 12.8 Å². The Balaban J connectivity index is 2.39. The molecule has 90 valence electrons. The third kappa shape index (κ3) is 2.44. The Bertz CT molecular complexity index is 522. The number of aliphatic hydroxyl groups excluding tert-OH is 1. The van der Waals surface area contributed by atoms with Gasteiger partial charge in [-0.1, -0.05) is 6.07 Å². The highest BCUT2D eigenvalue weighted by Gasteiger charge is 2.32. The van der Waals surface area contributed by atoms with Crippen molar-refractivity contribution in [3.05, 3.63) is 35.8 Å². The molecule has 2 aromatic rings. The molecule has 0 saturated heterocycles. The van der Waals surface area contributed by atoms with Crippen molar-refractivity contribution in [1.82, 2.24) is 15.0 Å². The molecule has 0 aliphatic heterocycles. The fourth-order valence-electron chi connectivity index (χ4n) is 1.29. The maximum atomic E-state index is 12.4. The number of hydrogen-bond donors (Lipinski definition) is 2. The third-order valence-electron chi connectivity index (χ3n) is 2.08. The minimum absolute atomic E-state index is 0.0829. The normalized spacial score (nSPS) is 11.8. The Morgan fingerprint density at radius 2 is 2.06 bits per heavy atom. The highest BCUT2D eigenvalue weighted by atomic mass is 19.4. The minimum atomic E-state index is -4.48. The second kappa shape index (κ2) is 4.17. The number of aromatic nitrogens is 3. The van der Waals surface area contributed by atoms with Gasteiger partial charge < -0.3 is 10.1 Å². The maximum Gasteiger partial charge on any atom is 0.433 e. The number of aromatic amines is 1. The van der Waals surface area contributed by atoms with Crippen molar-refractivity contribution in [3.8, 4) is 11.5 Å². The lowest BCUT2D eigenvalue weighted by atomic mass is 10.3. The number of halogens is 3. The number of imidazole rings is 1. The average Bonchev–Trinajstić information content (AvgIpc) is 2.76. The van der Waals surface area contributed by atoms with Gasteiger partial charge in [-0.2, -0.15) is 13.2 Å². The second-order valence-corrected chi connectivity index (χ2v) is 3.32. The molecule has 0 aliphatic rings. The Labute approximate surface area is 94.2 Å². The van der Waals surface area contributed by atoms with Crippen LogP contribution >= 0.6 is 0 Å². The number of nitrogens with one attached hydrogen (secondary N) is 1. The van der Waals surface area contributed by atoms with E-state index in [1.54, 1.807) is 0 Å². The predicted octanol–water partition coefficient (Wildman–Crippen LogP) is 1.98. The predicted molar refractivity (Wildman–Crippen MR) is 52.7 cm³/mol. The number of alkyl halides is 3. The molecule has 0 spiro atoms. The van der Waals surface area contributed by atoms with Gasteiger partial charge in [0.05, 0.1) is 18.5 Å². The van der Waals surface area contributed by atoms with Gasteiger partial charge in [0.15, 0.2) is 5.82 Å². The second-order valence-electron chi connectivity index (χ2n) is 3.32. The van der Waals surface area contributed by atoms with Crippen LogP contribution in [0.25, 0.3) is 11.5 Å². The zero-order chi connectivity index (χ0) is 12.5. The highest BCUT2D eigenvalue weighted by molar-refractivity contribution is 5.49. The van der Waals surface area contributed by atoms with Crippen LogP contribution in [0.4, 0.5) is 13.2 Å². The van der Waals surface area contributed by atoms with Crippen molar-refractivity contribution in [3.63, 3.8) is 0 Å². The first-order chi connectivity index (χ1) is 8.00. The molecule has 17 heavy (non-hydrogen) atoms. The Kier molecular flexibility index (Phi) is 2.84. The Hall–Kier alpha value is -1.89. The van der Waals surface area contributed by atoms with Crippen LogP contribution in [0.15, 0.2) is 24.4 Å². The lowest BCUT2D eigenvalue weighted by Crippen LogP contribution is -2.08. The summed E-state index contributed by atoms with van der Waals surface area (Å²) in [4.78, 5) is 9.96. The van der Waals surface area contributed by atoms with E-state index in [1.807, 2.05) is 0 Å². The number of nitrogens with zero attached hydrogens (tertiary/aromatic N) is 2. The largest absolute Gasteiger partial charge is 0.433 e. The average molecular weight is 243 g/mol. The number of pyridine rings is 1. The van der Waals surface area contributed by atoms with Crippen LogP contribution in [0.3, 0.4) is 0 Å². The van der Waals surface area contributed by atoms with E-state index in [9.17, 15) is 13.2 Å². The van der Waals surface area contributed by atoms with Gasteiger partial charge >= 0.3 is 6.18 Å². The maximum absolute atomic E-state index is 12.4. The van der Waals surface area contributed by atoms with E-state index in [1.165, 1.54) is 18.3 Å². The van der Waals surface area contributed by atoms with E-state index in [0.717, 1.165) is 6.07 Å². The smallest absolute Gasteiger partial charge is 0.390 e. The summed E-state index contributed by atoms with van der Waals surface area (Å²) < 4.78 is 37.3. The van der Waals surface area contributed by atoms with Crippen molar-refractivity contribution >= 4 is 0 Å². The van der Waals surface area contributed by atoms with Crippen LogP contribution in [-0.4, -0.2) is 20.1 Å². The molecule has 2 aromatic heterocycles. The molecule has 2 N–H and O–H groups in total. The molecule has 4 nitrogen and oxygen atoms in total. The first-order valence-corrected chi connectivity index (χ1v) is 4.70. The van der Waals surface area contributed by atoms with Crippen LogP contribution in [0.1, 0.15) is 11.4 Å². The first-order valence-electron chi connectivity index (χ1n) is 4.70. The third-order valence-corrected chi connectivity index (χ3v) is 2.08. The van der Waals surface area contributed by atoms with Crippen LogP contribution in [0, 0.1) is 0 Å². The molecular formula is C10H8F3N3O. The summed E-state index contributed by atoms with van der Waals surface area (Å²) in [6, 6.07) is 3.56. The molecule has 0 aromatic carbocycles. The quantitative estimate of drug-likeness (QED) is 0.847. The first kappa shape index (κ1) is 11.6. The molecule has 0 atom stereocenters. The SMILES string of the molecule is OCc1cnc(-c2cccc(C(F)(F)F)n2)[nH]1. The van der Waals surface area contributed by atoms with E-state index in [2.05, 4.69) is 15.0 Å². The van der Waals surface area contributed by atoms with E-state index >= 15 is 0 Å². The lowest BCUT2D eigenvalue weighted by molar-refractivity contribution is -0.141. The number of aliphatic hydroxyl groups is 1. The number of H-pyrrole nitrogens is 1. The van der Waals surface area contributed by atoms with Crippen molar-refractivity contribution in [2.24, 2.45) is 0 Å². The fourth-order valence-corrected chi connectivity index (χ4v) is 1.29. The molecule has 0 unspecified atom stereocenters. The minimum Gasteiger partial charge on any atom is -0.390 e. The monoisotopic (exact) mass is 243 g/mol. The molecule has 0 fully saturated rings. The van der Waals surface area contributed by atoms with Crippen LogP contribution in [0.5, 0.6) is 0 Å². The number of hydrogen-bond acceptors (Lipinski definition) is 3. The van der Waals surface area contributed by atoms with Crippen molar-refractivity contribution in [1.29, 1.82) is 0 Å². The van der Waals surface area contributed by atoms with Crippen LogP contribution < -0.4 is 0 Å². The summed E-state index contributed by atoms with van der Waals surface area (Å²) in [7, 11) is 0. The van der Waals surface area contributed by atoms with E-state index < -0.39 is 11.9 Å². The van der Waals surface area contributed by atoms with Gasteiger partial charge in [-0.3, -0.25) is 0 Å². The molecule has 2 heterocycles. The summed E-state index contributed by atoms with van der Waals surface area (Å²) in [6.45, 7) is -0.258. The summed E-state index contributed by atoms with van der Waals surface area (Å²) in [5.74, 6) is 0.195. The number of rotatable bonds is 2. The molecule has 0 bridgehead atoms. The lowest BCUT2D eigenvalue weighted by Gasteiger charge is -2.06. The molecule has 0 saturated carbocycles.